The first kappa shape index (κ1) is 21.5. The molecule has 0 heterocycles. The molecule has 6 nitrogen and oxygen atoms in total. The van der Waals surface area contributed by atoms with Crippen LogP contribution in [0.5, 0.6) is 0 Å². The van der Waals surface area contributed by atoms with Crippen molar-refractivity contribution in [1.82, 2.24) is 10.0 Å². The van der Waals surface area contributed by atoms with Gasteiger partial charge in [0.25, 0.3) is 0 Å². The summed E-state index contributed by atoms with van der Waals surface area (Å²) < 4.78 is 26.9. The number of sulfonamides is 1. The Morgan fingerprint density at radius 2 is 1.56 bits per heavy atom. The zero-order valence-electron chi connectivity index (χ0n) is 15.3. The predicted molar refractivity (Wildman–Crippen MR) is 97.8 cm³/mol. The largest absolute Gasteiger partial charge is 0.298 e. The minimum Gasteiger partial charge on any atom is -0.298 e. The van der Waals surface area contributed by atoms with Crippen LogP contribution < -0.4 is 10.0 Å². The second kappa shape index (κ2) is 9.79. The molecule has 0 aromatic heterocycles. The van der Waals surface area contributed by atoms with E-state index < -0.39 is 22.1 Å². The van der Waals surface area contributed by atoms with Crippen molar-refractivity contribution >= 4 is 21.6 Å². The van der Waals surface area contributed by atoms with E-state index in [1.807, 2.05) is 13.8 Å². The number of rotatable bonds is 11. The lowest BCUT2D eigenvalue weighted by Crippen LogP contribution is -2.47. The lowest BCUT2D eigenvalue weighted by atomic mass is 9.98. The molecule has 2 unspecified atom stereocenters. The molecule has 0 aliphatic rings. The van der Waals surface area contributed by atoms with Gasteiger partial charge in [-0.3, -0.25) is 14.9 Å². The van der Waals surface area contributed by atoms with Crippen LogP contribution in [0.1, 0.15) is 40.5 Å². The number of hydrogen-bond acceptors (Lipinski definition) is 5. The fraction of sp³-hybridized carbons (Fsp3) is 0.556. The van der Waals surface area contributed by atoms with Crippen molar-refractivity contribution in [2.45, 2.75) is 57.5 Å². The minimum absolute atomic E-state index is 0.0233. The first-order valence-electron chi connectivity index (χ1n) is 8.45. The molecule has 0 aliphatic carbocycles. The van der Waals surface area contributed by atoms with E-state index in [1.165, 1.54) is 26.0 Å². The Hall–Kier alpha value is -1.57. The Morgan fingerprint density at radius 1 is 1.00 bits per heavy atom. The molecular formula is C18H28N2O4S. The van der Waals surface area contributed by atoms with Crippen molar-refractivity contribution in [3.8, 4) is 0 Å². The smallest absolute Gasteiger partial charge is 0.240 e. The summed E-state index contributed by atoms with van der Waals surface area (Å²) in [6.45, 7) is 7.06. The van der Waals surface area contributed by atoms with E-state index >= 15 is 0 Å². The van der Waals surface area contributed by atoms with Crippen LogP contribution in [0.15, 0.2) is 35.2 Å². The number of nitrogens with one attached hydrogen (secondary N) is 2. The highest BCUT2D eigenvalue weighted by Crippen LogP contribution is 2.10. The maximum absolute atomic E-state index is 12.2. The molecule has 0 radical (unpaired) electrons. The number of Topliss-reactive ketones (excluding diaryl/α,β-unsaturated/α-hetero) is 2. The highest BCUT2D eigenvalue weighted by molar-refractivity contribution is 7.89. The van der Waals surface area contributed by atoms with Gasteiger partial charge in [-0.2, -0.15) is 0 Å². The Bertz CT molecular complexity index is 672. The van der Waals surface area contributed by atoms with E-state index in [-0.39, 0.29) is 29.4 Å². The van der Waals surface area contributed by atoms with E-state index in [0.29, 0.717) is 12.3 Å². The number of hydrogen-bond donors (Lipinski definition) is 2. The summed E-state index contributed by atoms with van der Waals surface area (Å²) >= 11 is 0. The Kier molecular flexibility index (Phi) is 8.41. The second-order valence-corrected chi connectivity index (χ2v) is 8.39. The van der Waals surface area contributed by atoms with E-state index in [0.717, 1.165) is 0 Å². The van der Waals surface area contributed by atoms with Crippen LogP contribution in [0.3, 0.4) is 0 Å². The minimum atomic E-state index is -3.60. The van der Waals surface area contributed by atoms with Crippen molar-refractivity contribution < 1.29 is 18.0 Å². The zero-order valence-corrected chi connectivity index (χ0v) is 16.1. The Labute approximate surface area is 150 Å². The van der Waals surface area contributed by atoms with Crippen molar-refractivity contribution in [3.05, 3.63) is 30.3 Å². The van der Waals surface area contributed by atoms with Crippen LogP contribution in [0.4, 0.5) is 0 Å². The van der Waals surface area contributed by atoms with Gasteiger partial charge in [-0.1, -0.05) is 32.0 Å². The van der Waals surface area contributed by atoms with Gasteiger partial charge < -0.3 is 0 Å². The van der Waals surface area contributed by atoms with Crippen molar-refractivity contribution in [1.29, 1.82) is 0 Å². The van der Waals surface area contributed by atoms with Crippen LogP contribution in [-0.2, 0) is 19.6 Å². The van der Waals surface area contributed by atoms with Gasteiger partial charge in [0.05, 0.1) is 17.0 Å². The van der Waals surface area contributed by atoms with E-state index in [1.54, 1.807) is 18.2 Å². The molecule has 2 atom stereocenters. The van der Waals surface area contributed by atoms with Gasteiger partial charge in [0.15, 0.2) is 0 Å². The van der Waals surface area contributed by atoms with Crippen LogP contribution in [0.2, 0.25) is 0 Å². The number of benzene rings is 1. The fourth-order valence-electron chi connectivity index (χ4n) is 2.49. The molecule has 0 aliphatic heterocycles. The average Bonchev–Trinajstić information content (AvgIpc) is 2.53. The van der Waals surface area contributed by atoms with Crippen LogP contribution in [0.25, 0.3) is 0 Å². The monoisotopic (exact) mass is 368 g/mol. The van der Waals surface area contributed by atoms with E-state index in [4.69, 9.17) is 0 Å². The summed E-state index contributed by atoms with van der Waals surface area (Å²) in [4.78, 5) is 23.8. The summed E-state index contributed by atoms with van der Waals surface area (Å²) in [7, 11) is -3.60. The predicted octanol–water partition coefficient (Wildman–Crippen LogP) is 1.91. The quantitative estimate of drug-likeness (QED) is 0.622. The lowest BCUT2D eigenvalue weighted by Gasteiger charge is -2.24. The van der Waals surface area contributed by atoms with Crippen LogP contribution >= 0.6 is 0 Å². The highest BCUT2D eigenvalue weighted by atomic mass is 32.2. The third-order valence-corrected chi connectivity index (χ3v) is 5.35. The maximum atomic E-state index is 12.2. The summed E-state index contributed by atoms with van der Waals surface area (Å²) in [5.41, 5.74) is 0. The SMILES string of the molecule is CC(=O)C(CCNS(=O)(=O)c1ccccc1)NC(CC(C)C)C(C)=O. The molecular weight excluding hydrogens is 340 g/mol. The van der Waals surface area contributed by atoms with Crippen molar-refractivity contribution in [2.75, 3.05) is 6.54 Å². The van der Waals surface area contributed by atoms with Gasteiger partial charge in [0.2, 0.25) is 10.0 Å². The molecule has 0 saturated heterocycles. The Morgan fingerprint density at radius 3 is 2.04 bits per heavy atom. The number of carbonyl (C=O) groups excluding carboxylic acids is 2. The van der Waals surface area contributed by atoms with Gasteiger partial charge in [-0.25, -0.2) is 13.1 Å². The molecule has 140 valence electrons. The highest BCUT2D eigenvalue weighted by Gasteiger charge is 2.23. The molecule has 1 aromatic carbocycles. The molecule has 7 heteroatoms. The standard InChI is InChI=1S/C18H28N2O4S/c1-13(2)12-18(15(4)22)20-17(14(3)21)10-11-19-25(23,24)16-8-6-5-7-9-16/h5-9,13,17-20H,10-12H2,1-4H3. The van der Waals surface area contributed by atoms with E-state index in [2.05, 4.69) is 10.0 Å². The number of carbonyl (C=O) groups is 2. The van der Waals surface area contributed by atoms with Gasteiger partial charge in [-0.05, 0) is 44.7 Å². The fourth-order valence-corrected chi connectivity index (χ4v) is 3.56. The first-order valence-corrected chi connectivity index (χ1v) is 9.93. The summed E-state index contributed by atoms with van der Waals surface area (Å²) in [5, 5.41) is 3.08. The van der Waals surface area contributed by atoms with Gasteiger partial charge in [-0.15, -0.1) is 0 Å². The summed E-state index contributed by atoms with van der Waals surface area (Å²) in [6.07, 6.45) is 0.915. The molecule has 0 amide bonds. The average molecular weight is 368 g/mol. The van der Waals surface area contributed by atoms with Gasteiger partial charge in [0.1, 0.15) is 11.6 Å². The molecule has 0 bridgehead atoms. The van der Waals surface area contributed by atoms with Crippen LogP contribution in [-0.4, -0.2) is 38.6 Å². The third-order valence-electron chi connectivity index (χ3n) is 3.87. The van der Waals surface area contributed by atoms with E-state index in [9.17, 15) is 18.0 Å². The molecule has 25 heavy (non-hydrogen) atoms. The molecule has 0 fully saturated rings. The normalized spacial score (nSPS) is 14.3. The first-order chi connectivity index (χ1) is 11.6. The summed E-state index contributed by atoms with van der Waals surface area (Å²) in [6, 6.07) is 7.10. The summed E-state index contributed by atoms with van der Waals surface area (Å²) in [5.74, 6) is 0.171. The van der Waals surface area contributed by atoms with Crippen molar-refractivity contribution in [2.24, 2.45) is 5.92 Å². The third kappa shape index (κ3) is 7.46. The number of ketones is 2. The van der Waals surface area contributed by atoms with Gasteiger partial charge in [0, 0.05) is 6.54 Å². The zero-order chi connectivity index (χ0) is 19.0. The molecule has 1 rings (SSSR count). The molecule has 1 aromatic rings. The lowest BCUT2D eigenvalue weighted by molar-refractivity contribution is -0.121. The van der Waals surface area contributed by atoms with Crippen molar-refractivity contribution in [3.63, 3.8) is 0 Å². The molecule has 0 spiro atoms. The molecule has 0 saturated carbocycles. The maximum Gasteiger partial charge on any atom is 0.240 e. The van der Waals surface area contributed by atoms with Gasteiger partial charge >= 0.3 is 0 Å². The Balaban J connectivity index is 2.67. The molecule has 2 N–H and O–H groups in total. The second-order valence-electron chi connectivity index (χ2n) is 6.62. The van der Waals surface area contributed by atoms with Crippen LogP contribution in [0, 0.1) is 5.92 Å². The topological polar surface area (TPSA) is 92.3 Å².